The van der Waals surface area contributed by atoms with Gasteiger partial charge in [-0.15, -0.1) is 0 Å². The molecule has 1 aromatic carbocycles. The van der Waals surface area contributed by atoms with Crippen molar-refractivity contribution in [3.8, 4) is 0 Å². The van der Waals surface area contributed by atoms with Gasteiger partial charge in [-0.3, -0.25) is 4.90 Å². The third-order valence-electron chi connectivity index (χ3n) is 4.35. The van der Waals surface area contributed by atoms with Crippen LogP contribution in [0.1, 0.15) is 29.5 Å². The molecule has 0 atom stereocenters. The van der Waals surface area contributed by atoms with E-state index in [1.54, 1.807) is 4.90 Å². The maximum absolute atomic E-state index is 12.8. The van der Waals surface area contributed by atoms with Crippen LogP contribution < -0.4 is 4.90 Å². The lowest BCUT2D eigenvalue weighted by molar-refractivity contribution is 0.219. The Hall–Kier alpha value is -2.54. The van der Waals surface area contributed by atoms with Gasteiger partial charge in [-0.25, -0.2) is 9.78 Å². The van der Waals surface area contributed by atoms with Crippen molar-refractivity contribution >= 4 is 33.9 Å². The Kier molecular flexibility index (Phi) is 4.09. The van der Waals surface area contributed by atoms with Crippen LogP contribution >= 0.6 is 11.3 Å². The second-order valence-electron chi connectivity index (χ2n) is 6.31. The number of hydrogen-bond acceptors (Lipinski definition) is 5. The van der Waals surface area contributed by atoms with Gasteiger partial charge < -0.3 is 4.90 Å². The smallest absolute Gasteiger partial charge is 0.318 e. The first kappa shape index (κ1) is 16.0. The predicted molar refractivity (Wildman–Crippen MR) is 101 cm³/mol. The molecule has 0 unspecified atom stereocenters. The summed E-state index contributed by atoms with van der Waals surface area (Å²) in [5.74, 6) is 0. The average molecular weight is 353 g/mol. The molecule has 3 heterocycles. The van der Waals surface area contributed by atoms with E-state index in [1.165, 1.54) is 11.3 Å². The number of hydrogen-bond donors (Lipinski definition) is 0. The van der Waals surface area contributed by atoms with Crippen LogP contribution in [-0.2, 0) is 6.54 Å². The molecule has 4 rings (SSSR count). The van der Waals surface area contributed by atoms with Gasteiger partial charge in [0.2, 0.25) is 0 Å². The number of carbonyl (C=O) groups is 1. The summed E-state index contributed by atoms with van der Waals surface area (Å²) in [5.41, 5.74) is 4.02. The molecular formula is C18H19N5OS. The van der Waals surface area contributed by atoms with Crippen LogP contribution in [0.5, 0.6) is 0 Å². The number of aryl methyl sites for hydroxylation is 1. The maximum Gasteiger partial charge on any atom is 0.326 e. The zero-order valence-electron chi connectivity index (χ0n) is 14.3. The van der Waals surface area contributed by atoms with Gasteiger partial charge in [0, 0.05) is 31.8 Å². The van der Waals surface area contributed by atoms with E-state index in [9.17, 15) is 4.79 Å². The van der Waals surface area contributed by atoms with Crippen LogP contribution in [0.3, 0.4) is 0 Å². The third-order valence-corrected chi connectivity index (χ3v) is 5.58. The highest BCUT2D eigenvalue weighted by Gasteiger charge is 2.32. The van der Waals surface area contributed by atoms with Crippen molar-refractivity contribution in [3.05, 3.63) is 46.5 Å². The maximum atomic E-state index is 12.8. The molecule has 7 heteroatoms. The summed E-state index contributed by atoms with van der Waals surface area (Å²) in [6, 6.07) is 10.1. The molecule has 1 fully saturated rings. The van der Waals surface area contributed by atoms with Crippen molar-refractivity contribution in [2.24, 2.45) is 10.2 Å². The molecule has 1 aromatic heterocycles. The van der Waals surface area contributed by atoms with Crippen LogP contribution in [0, 0.1) is 6.92 Å². The number of aromatic nitrogens is 1. The van der Waals surface area contributed by atoms with E-state index < -0.39 is 0 Å². The van der Waals surface area contributed by atoms with Gasteiger partial charge in [-0.2, -0.15) is 10.2 Å². The molecule has 0 bridgehead atoms. The monoisotopic (exact) mass is 353 g/mol. The molecule has 0 N–H and O–H groups in total. The number of rotatable bonds is 4. The van der Waals surface area contributed by atoms with Gasteiger partial charge in [0.05, 0.1) is 16.3 Å². The Balaban J connectivity index is 1.51. The summed E-state index contributed by atoms with van der Waals surface area (Å²) in [5, 5.41) is 9.10. The molecule has 128 valence electrons. The number of amides is 2. The van der Waals surface area contributed by atoms with E-state index in [1.807, 2.05) is 49.1 Å². The standard InChI is InChI=1S/C18H19N5OS/c1-12-10-15(21-20-12)16-13(2)19-17(25-16)23-9-8-22(18(23)24)11-14-6-4-3-5-7-14/h3-7H,8-11H2,1-2H3. The van der Waals surface area contributed by atoms with E-state index in [0.29, 0.717) is 19.6 Å². The molecule has 2 aromatic rings. The second-order valence-corrected chi connectivity index (χ2v) is 7.29. The molecule has 6 nitrogen and oxygen atoms in total. The molecule has 0 spiro atoms. The van der Waals surface area contributed by atoms with Crippen LogP contribution in [0.2, 0.25) is 0 Å². The van der Waals surface area contributed by atoms with Crippen molar-refractivity contribution in [3.63, 3.8) is 0 Å². The number of anilines is 1. The Morgan fingerprint density at radius 2 is 1.92 bits per heavy atom. The predicted octanol–water partition coefficient (Wildman–Crippen LogP) is 3.46. The molecule has 0 radical (unpaired) electrons. The summed E-state index contributed by atoms with van der Waals surface area (Å²) < 4.78 is 0. The highest BCUT2D eigenvalue weighted by Crippen LogP contribution is 2.31. The molecule has 1 saturated heterocycles. The highest BCUT2D eigenvalue weighted by atomic mass is 32.1. The first-order chi connectivity index (χ1) is 12.1. The molecule has 0 saturated carbocycles. The highest BCUT2D eigenvalue weighted by molar-refractivity contribution is 7.18. The van der Waals surface area contributed by atoms with Crippen molar-refractivity contribution in [1.82, 2.24) is 9.88 Å². The van der Waals surface area contributed by atoms with Crippen molar-refractivity contribution in [1.29, 1.82) is 0 Å². The fourth-order valence-corrected chi connectivity index (χ4v) is 4.13. The van der Waals surface area contributed by atoms with E-state index in [4.69, 9.17) is 0 Å². The van der Waals surface area contributed by atoms with Gasteiger partial charge in [0.1, 0.15) is 0 Å². The van der Waals surface area contributed by atoms with E-state index >= 15 is 0 Å². The van der Waals surface area contributed by atoms with Crippen LogP contribution in [0.4, 0.5) is 9.93 Å². The lowest BCUT2D eigenvalue weighted by Gasteiger charge is -2.16. The summed E-state index contributed by atoms with van der Waals surface area (Å²) in [4.78, 5) is 22.1. The van der Waals surface area contributed by atoms with Crippen molar-refractivity contribution in [2.45, 2.75) is 26.8 Å². The Morgan fingerprint density at radius 1 is 1.12 bits per heavy atom. The molecule has 2 aliphatic heterocycles. The zero-order chi connectivity index (χ0) is 17.4. The number of benzene rings is 1. The minimum atomic E-state index is 0.0185. The first-order valence-electron chi connectivity index (χ1n) is 8.30. The fraction of sp³-hybridized carbons (Fsp3) is 0.333. The van der Waals surface area contributed by atoms with E-state index in [2.05, 4.69) is 15.2 Å². The van der Waals surface area contributed by atoms with Crippen LogP contribution in [0.25, 0.3) is 0 Å². The molecule has 2 amide bonds. The minimum absolute atomic E-state index is 0.0185. The van der Waals surface area contributed by atoms with Gasteiger partial charge in [0.25, 0.3) is 0 Å². The first-order valence-corrected chi connectivity index (χ1v) is 9.11. The van der Waals surface area contributed by atoms with Gasteiger partial charge >= 0.3 is 6.03 Å². The van der Waals surface area contributed by atoms with Gasteiger partial charge in [0.15, 0.2) is 5.13 Å². The molecular weight excluding hydrogens is 334 g/mol. The molecule has 0 aliphatic carbocycles. The average Bonchev–Trinajstić information content (AvgIpc) is 3.29. The fourth-order valence-electron chi connectivity index (χ4n) is 3.06. The van der Waals surface area contributed by atoms with Crippen LogP contribution in [0.15, 0.2) is 40.5 Å². The van der Waals surface area contributed by atoms with Crippen molar-refractivity contribution < 1.29 is 4.79 Å². The largest absolute Gasteiger partial charge is 0.326 e. The molecule has 25 heavy (non-hydrogen) atoms. The Bertz CT molecular complexity index is 871. The number of nitrogens with zero attached hydrogens (tertiary/aromatic N) is 5. The quantitative estimate of drug-likeness (QED) is 0.845. The molecule has 2 aliphatic rings. The summed E-state index contributed by atoms with van der Waals surface area (Å²) in [6.07, 6.45) is 0.760. The summed E-state index contributed by atoms with van der Waals surface area (Å²) in [6.45, 7) is 5.95. The number of urea groups is 1. The third kappa shape index (κ3) is 3.07. The normalized spacial score (nSPS) is 17.3. The van der Waals surface area contributed by atoms with Crippen molar-refractivity contribution in [2.75, 3.05) is 18.0 Å². The Morgan fingerprint density at radius 3 is 2.64 bits per heavy atom. The Labute approximate surface area is 150 Å². The SMILES string of the molecule is CC1=NN=C(c2sc(N3CCN(Cc4ccccc4)C3=O)nc2C)C1. The zero-order valence-corrected chi connectivity index (χ0v) is 15.1. The number of thiazole rings is 1. The lowest BCUT2D eigenvalue weighted by Crippen LogP contribution is -2.31. The minimum Gasteiger partial charge on any atom is -0.318 e. The summed E-state index contributed by atoms with van der Waals surface area (Å²) in [7, 11) is 0. The number of carbonyl (C=O) groups excluding carboxylic acids is 1. The second kappa shape index (κ2) is 6.40. The van der Waals surface area contributed by atoms with E-state index in [-0.39, 0.29) is 6.03 Å². The summed E-state index contributed by atoms with van der Waals surface area (Å²) >= 11 is 1.53. The van der Waals surface area contributed by atoms with E-state index in [0.717, 1.165) is 39.1 Å². The van der Waals surface area contributed by atoms with Crippen LogP contribution in [-0.4, -0.2) is 40.4 Å². The van der Waals surface area contributed by atoms with Gasteiger partial charge in [-0.1, -0.05) is 41.7 Å². The topological polar surface area (TPSA) is 61.2 Å². The van der Waals surface area contributed by atoms with Gasteiger partial charge in [-0.05, 0) is 19.4 Å². The lowest BCUT2D eigenvalue weighted by atomic mass is 10.1.